The number of hydrogen-bond donors (Lipinski definition) is 1. The molecule has 1 saturated carbocycles. The van der Waals surface area contributed by atoms with Gasteiger partial charge in [0.15, 0.2) is 0 Å². The minimum absolute atomic E-state index is 0.372. The second-order valence-electron chi connectivity index (χ2n) is 4.41. The molecule has 0 unspecified atom stereocenters. The maximum Gasteiger partial charge on any atom is 0.347 e. The molecule has 0 saturated heterocycles. The van der Waals surface area contributed by atoms with E-state index in [9.17, 15) is 4.79 Å². The number of aromatic carboxylic acids is 1. The SMILES string of the molecule is O=C(O)c1cnc(C2CCCCCCC2)s1. The first-order valence-electron chi connectivity index (χ1n) is 5.96. The normalized spacial score (nSPS) is 19.0. The van der Waals surface area contributed by atoms with Crippen LogP contribution in [0.5, 0.6) is 0 Å². The third-order valence-corrected chi connectivity index (χ3v) is 4.34. The molecule has 3 nitrogen and oxygen atoms in total. The van der Waals surface area contributed by atoms with Gasteiger partial charge in [0.2, 0.25) is 0 Å². The largest absolute Gasteiger partial charge is 0.477 e. The summed E-state index contributed by atoms with van der Waals surface area (Å²) in [7, 11) is 0. The second-order valence-corrected chi connectivity index (χ2v) is 5.47. The van der Waals surface area contributed by atoms with Crippen LogP contribution >= 0.6 is 11.3 Å². The summed E-state index contributed by atoms with van der Waals surface area (Å²) in [6, 6.07) is 0. The Morgan fingerprint density at radius 3 is 2.44 bits per heavy atom. The monoisotopic (exact) mass is 239 g/mol. The first-order chi connectivity index (χ1) is 7.77. The lowest BCUT2D eigenvalue weighted by Gasteiger charge is -2.16. The van der Waals surface area contributed by atoms with Crippen LogP contribution in [0.25, 0.3) is 0 Å². The molecule has 0 amide bonds. The zero-order chi connectivity index (χ0) is 11.4. The van der Waals surface area contributed by atoms with E-state index in [1.165, 1.54) is 62.5 Å². The number of carboxylic acid groups (broad SMARTS) is 1. The highest BCUT2D eigenvalue weighted by molar-refractivity contribution is 7.13. The molecule has 1 aromatic heterocycles. The van der Waals surface area contributed by atoms with Crippen molar-refractivity contribution in [1.29, 1.82) is 0 Å². The summed E-state index contributed by atoms with van der Waals surface area (Å²) in [4.78, 5) is 15.4. The molecule has 1 aliphatic carbocycles. The van der Waals surface area contributed by atoms with Gasteiger partial charge in [-0.2, -0.15) is 0 Å². The lowest BCUT2D eigenvalue weighted by molar-refractivity contribution is 0.0702. The fourth-order valence-corrected chi connectivity index (χ4v) is 3.20. The first kappa shape index (κ1) is 11.6. The Kier molecular flexibility index (Phi) is 3.93. The number of nitrogens with zero attached hydrogens (tertiary/aromatic N) is 1. The van der Waals surface area contributed by atoms with Gasteiger partial charge in [0.25, 0.3) is 0 Å². The van der Waals surface area contributed by atoms with Gasteiger partial charge < -0.3 is 5.11 Å². The Morgan fingerprint density at radius 1 is 1.25 bits per heavy atom. The highest BCUT2D eigenvalue weighted by Gasteiger charge is 2.18. The zero-order valence-electron chi connectivity index (χ0n) is 9.32. The minimum atomic E-state index is -0.852. The third-order valence-electron chi connectivity index (χ3n) is 3.19. The Balaban J connectivity index is 2.05. The summed E-state index contributed by atoms with van der Waals surface area (Å²) in [5.41, 5.74) is 0. The molecule has 1 aromatic rings. The molecular weight excluding hydrogens is 222 g/mol. The van der Waals surface area contributed by atoms with Crippen molar-refractivity contribution < 1.29 is 9.90 Å². The standard InChI is InChI=1S/C12H17NO2S/c14-12(15)10-8-13-11(16-10)9-6-4-2-1-3-5-7-9/h8-9H,1-7H2,(H,14,15). The molecule has 0 atom stereocenters. The molecule has 16 heavy (non-hydrogen) atoms. The molecule has 0 aliphatic heterocycles. The van der Waals surface area contributed by atoms with Gasteiger partial charge in [0.05, 0.1) is 11.2 Å². The smallest absolute Gasteiger partial charge is 0.347 e. The number of carbonyl (C=O) groups is 1. The minimum Gasteiger partial charge on any atom is -0.477 e. The molecular formula is C12H17NO2S. The fraction of sp³-hybridized carbons (Fsp3) is 0.667. The average molecular weight is 239 g/mol. The van der Waals surface area contributed by atoms with Crippen molar-refractivity contribution in [1.82, 2.24) is 4.98 Å². The molecule has 2 rings (SSSR count). The summed E-state index contributed by atoms with van der Waals surface area (Å²) in [6.07, 6.45) is 10.3. The molecule has 0 spiro atoms. The lowest BCUT2D eigenvalue weighted by atomic mass is 9.92. The maximum atomic E-state index is 10.8. The van der Waals surface area contributed by atoms with Crippen LogP contribution in [0.2, 0.25) is 0 Å². The Labute approximate surface area is 99.5 Å². The lowest BCUT2D eigenvalue weighted by Crippen LogP contribution is -2.01. The van der Waals surface area contributed by atoms with Crippen LogP contribution in [-0.2, 0) is 0 Å². The summed E-state index contributed by atoms with van der Waals surface area (Å²) < 4.78 is 0. The van der Waals surface area contributed by atoms with Crippen molar-refractivity contribution in [3.05, 3.63) is 16.1 Å². The van der Waals surface area contributed by atoms with E-state index in [1.54, 1.807) is 0 Å². The van der Waals surface area contributed by atoms with E-state index >= 15 is 0 Å². The quantitative estimate of drug-likeness (QED) is 0.856. The predicted molar refractivity (Wildman–Crippen MR) is 64.1 cm³/mol. The summed E-state index contributed by atoms with van der Waals surface area (Å²) >= 11 is 1.35. The molecule has 0 aromatic carbocycles. The molecule has 4 heteroatoms. The third kappa shape index (κ3) is 2.82. The van der Waals surface area contributed by atoms with Gasteiger partial charge in [0, 0.05) is 5.92 Å². The Bertz CT molecular complexity index is 354. The summed E-state index contributed by atoms with van der Waals surface area (Å²) in [6.45, 7) is 0. The van der Waals surface area contributed by atoms with E-state index < -0.39 is 5.97 Å². The first-order valence-corrected chi connectivity index (χ1v) is 6.78. The van der Waals surface area contributed by atoms with Crippen LogP contribution in [0.3, 0.4) is 0 Å². The molecule has 88 valence electrons. The average Bonchev–Trinajstić information content (AvgIpc) is 2.66. The van der Waals surface area contributed by atoms with E-state index in [0.29, 0.717) is 10.8 Å². The molecule has 1 N–H and O–H groups in total. The van der Waals surface area contributed by atoms with E-state index in [1.807, 2.05) is 0 Å². The van der Waals surface area contributed by atoms with E-state index in [2.05, 4.69) is 4.98 Å². The summed E-state index contributed by atoms with van der Waals surface area (Å²) in [5, 5.41) is 9.89. The second kappa shape index (κ2) is 5.43. The predicted octanol–water partition coefficient (Wildman–Crippen LogP) is 3.67. The number of thiazole rings is 1. The van der Waals surface area contributed by atoms with Gasteiger partial charge in [0.1, 0.15) is 4.88 Å². The van der Waals surface area contributed by atoms with Gasteiger partial charge in [-0.3, -0.25) is 0 Å². The Morgan fingerprint density at radius 2 is 1.88 bits per heavy atom. The van der Waals surface area contributed by atoms with Crippen LogP contribution in [0, 0.1) is 0 Å². The van der Waals surface area contributed by atoms with Crippen LogP contribution in [-0.4, -0.2) is 16.1 Å². The van der Waals surface area contributed by atoms with Gasteiger partial charge in [-0.1, -0.05) is 32.1 Å². The van der Waals surface area contributed by atoms with Gasteiger partial charge in [-0.25, -0.2) is 9.78 Å². The highest BCUT2D eigenvalue weighted by Crippen LogP contribution is 2.33. The van der Waals surface area contributed by atoms with Gasteiger partial charge in [-0.15, -0.1) is 11.3 Å². The molecule has 1 fully saturated rings. The zero-order valence-corrected chi connectivity index (χ0v) is 10.1. The number of carboxylic acids is 1. The van der Waals surface area contributed by atoms with E-state index in [-0.39, 0.29) is 0 Å². The van der Waals surface area contributed by atoms with Crippen LogP contribution in [0.4, 0.5) is 0 Å². The van der Waals surface area contributed by atoms with Crippen LogP contribution in [0.1, 0.15) is 65.5 Å². The molecule has 0 radical (unpaired) electrons. The maximum absolute atomic E-state index is 10.8. The van der Waals surface area contributed by atoms with Crippen molar-refractivity contribution in [3.8, 4) is 0 Å². The molecule has 0 bridgehead atoms. The van der Waals surface area contributed by atoms with E-state index in [0.717, 1.165) is 5.01 Å². The number of rotatable bonds is 2. The topological polar surface area (TPSA) is 50.2 Å². The fourth-order valence-electron chi connectivity index (χ4n) is 2.28. The number of aromatic nitrogens is 1. The van der Waals surface area contributed by atoms with Crippen molar-refractivity contribution in [2.45, 2.75) is 50.9 Å². The van der Waals surface area contributed by atoms with Gasteiger partial charge >= 0.3 is 5.97 Å². The Hall–Kier alpha value is -0.900. The van der Waals surface area contributed by atoms with E-state index in [4.69, 9.17) is 5.11 Å². The van der Waals surface area contributed by atoms with Gasteiger partial charge in [-0.05, 0) is 12.8 Å². The number of hydrogen-bond acceptors (Lipinski definition) is 3. The summed E-state index contributed by atoms with van der Waals surface area (Å²) in [5.74, 6) is -0.354. The van der Waals surface area contributed by atoms with Crippen LogP contribution in [0.15, 0.2) is 6.20 Å². The van der Waals surface area contributed by atoms with Crippen LogP contribution < -0.4 is 0 Å². The molecule has 1 heterocycles. The van der Waals surface area contributed by atoms with Crippen molar-refractivity contribution in [2.24, 2.45) is 0 Å². The van der Waals surface area contributed by atoms with Crippen molar-refractivity contribution in [3.63, 3.8) is 0 Å². The van der Waals surface area contributed by atoms with Crippen molar-refractivity contribution in [2.75, 3.05) is 0 Å². The molecule has 1 aliphatic rings. The highest BCUT2D eigenvalue weighted by atomic mass is 32.1. The van der Waals surface area contributed by atoms with Crippen molar-refractivity contribution >= 4 is 17.3 Å².